The molecule has 3 saturated heterocycles. The van der Waals surface area contributed by atoms with Gasteiger partial charge in [0.1, 0.15) is 5.54 Å². The quantitative estimate of drug-likeness (QED) is 0.758. The Kier molecular flexibility index (Phi) is 5.79. The van der Waals surface area contributed by atoms with E-state index in [2.05, 4.69) is 24.1 Å². The van der Waals surface area contributed by atoms with Crippen molar-refractivity contribution >= 4 is 17.8 Å². The summed E-state index contributed by atoms with van der Waals surface area (Å²) in [4.78, 5) is 44.0. The van der Waals surface area contributed by atoms with Crippen molar-refractivity contribution in [3.63, 3.8) is 0 Å². The molecule has 7 nitrogen and oxygen atoms in total. The minimum Gasteiger partial charge on any atom is -0.341 e. The lowest BCUT2D eigenvalue weighted by atomic mass is 9.86. The first-order chi connectivity index (χ1) is 12.7. The fourth-order valence-electron chi connectivity index (χ4n) is 4.60. The Hall–Kier alpha value is -1.63. The summed E-state index contributed by atoms with van der Waals surface area (Å²) in [5.74, 6) is 0.352. The number of rotatable bonds is 4. The zero-order valence-corrected chi connectivity index (χ0v) is 17.2. The fraction of sp³-hybridized carbons (Fsp3) is 0.850. The van der Waals surface area contributed by atoms with E-state index in [4.69, 9.17) is 0 Å². The SMILES string of the molecule is CC(C)CC(=O)N1CCC[C@@H](N2C(=O)NC3(CCN(C(C)C)CC3)C2=O)C1. The number of imide groups is 1. The Morgan fingerprint density at radius 3 is 2.41 bits per heavy atom. The maximum Gasteiger partial charge on any atom is 0.325 e. The topological polar surface area (TPSA) is 73.0 Å². The van der Waals surface area contributed by atoms with Crippen LogP contribution in [0, 0.1) is 5.92 Å². The van der Waals surface area contributed by atoms with Crippen LogP contribution in [0.2, 0.25) is 0 Å². The van der Waals surface area contributed by atoms with Crippen LogP contribution in [0.1, 0.15) is 59.8 Å². The molecule has 27 heavy (non-hydrogen) atoms. The van der Waals surface area contributed by atoms with Gasteiger partial charge >= 0.3 is 6.03 Å². The maximum atomic E-state index is 13.2. The van der Waals surface area contributed by atoms with Crippen LogP contribution in [0.3, 0.4) is 0 Å². The third-order valence-electron chi connectivity index (χ3n) is 6.27. The average molecular weight is 379 g/mol. The van der Waals surface area contributed by atoms with Gasteiger partial charge in [0.25, 0.3) is 5.91 Å². The average Bonchev–Trinajstić information content (AvgIpc) is 2.85. The molecule has 3 fully saturated rings. The normalized spacial score (nSPS) is 26.4. The van der Waals surface area contributed by atoms with Crippen molar-refractivity contribution in [3.8, 4) is 0 Å². The number of carbonyl (C=O) groups excluding carboxylic acids is 3. The number of urea groups is 1. The van der Waals surface area contributed by atoms with E-state index in [9.17, 15) is 14.4 Å². The molecule has 4 amide bonds. The predicted molar refractivity (Wildman–Crippen MR) is 103 cm³/mol. The molecule has 0 bridgehead atoms. The summed E-state index contributed by atoms with van der Waals surface area (Å²) >= 11 is 0. The number of nitrogens with zero attached hydrogens (tertiary/aromatic N) is 3. The van der Waals surface area contributed by atoms with Crippen molar-refractivity contribution in [2.75, 3.05) is 26.2 Å². The largest absolute Gasteiger partial charge is 0.341 e. The highest BCUT2D eigenvalue weighted by atomic mass is 16.2. The molecule has 1 atom stereocenters. The second-order valence-corrected chi connectivity index (χ2v) is 9.05. The number of carbonyl (C=O) groups is 3. The van der Waals surface area contributed by atoms with Crippen LogP contribution in [-0.2, 0) is 9.59 Å². The van der Waals surface area contributed by atoms with Crippen LogP contribution < -0.4 is 5.32 Å². The van der Waals surface area contributed by atoms with E-state index in [1.807, 2.05) is 18.7 Å². The third kappa shape index (κ3) is 3.98. The predicted octanol–water partition coefficient (Wildman–Crippen LogP) is 1.82. The molecule has 0 aromatic carbocycles. The minimum absolute atomic E-state index is 0.0842. The second-order valence-electron chi connectivity index (χ2n) is 9.05. The van der Waals surface area contributed by atoms with Gasteiger partial charge < -0.3 is 15.1 Å². The van der Waals surface area contributed by atoms with Crippen molar-refractivity contribution in [1.82, 2.24) is 20.0 Å². The van der Waals surface area contributed by atoms with Gasteiger partial charge in [-0.1, -0.05) is 13.8 Å². The minimum atomic E-state index is -0.743. The summed E-state index contributed by atoms with van der Waals surface area (Å²) < 4.78 is 0. The zero-order chi connectivity index (χ0) is 19.8. The van der Waals surface area contributed by atoms with Crippen molar-refractivity contribution in [2.45, 2.75) is 77.4 Å². The first-order valence-corrected chi connectivity index (χ1v) is 10.4. The van der Waals surface area contributed by atoms with E-state index in [1.165, 1.54) is 4.90 Å². The van der Waals surface area contributed by atoms with Crippen LogP contribution in [0.15, 0.2) is 0 Å². The molecular formula is C20H34N4O3. The Labute approximate surface area is 162 Å². The molecule has 1 N–H and O–H groups in total. The van der Waals surface area contributed by atoms with Gasteiger partial charge in [-0.3, -0.25) is 14.5 Å². The first kappa shape index (κ1) is 20.1. The standard InChI is InChI=1S/C20H34N4O3/c1-14(2)12-17(25)23-9-5-6-16(13-23)24-18(26)20(21-19(24)27)7-10-22(11-8-20)15(3)4/h14-16H,5-13H2,1-4H3,(H,21,27)/t16-/m1/s1. The summed E-state index contributed by atoms with van der Waals surface area (Å²) in [5, 5.41) is 3.01. The molecule has 7 heteroatoms. The third-order valence-corrected chi connectivity index (χ3v) is 6.27. The fourth-order valence-corrected chi connectivity index (χ4v) is 4.60. The van der Waals surface area contributed by atoms with Crippen molar-refractivity contribution < 1.29 is 14.4 Å². The molecule has 152 valence electrons. The lowest BCUT2D eigenvalue weighted by Crippen LogP contribution is -2.57. The van der Waals surface area contributed by atoms with Gasteiger partial charge in [-0.15, -0.1) is 0 Å². The van der Waals surface area contributed by atoms with E-state index in [1.54, 1.807) is 0 Å². The molecule has 3 rings (SSSR count). The Balaban J connectivity index is 1.67. The van der Waals surface area contributed by atoms with Crippen LogP contribution >= 0.6 is 0 Å². The Morgan fingerprint density at radius 1 is 1.15 bits per heavy atom. The molecule has 0 aliphatic carbocycles. The lowest BCUT2D eigenvalue weighted by Gasteiger charge is -2.40. The second kappa shape index (κ2) is 7.78. The summed E-state index contributed by atoms with van der Waals surface area (Å²) in [7, 11) is 0. The van der Waals surface area contributed by atoms with E-state index < -0.39 is 5.54 Å². The van der Waals surface area contributed by atoms with Crippen molar-refractivity contribution in [1.29, 1.82) is 0 Å². The Bertz CT molecular complexity index is 596. The lowest BCUT2D eigenvalue weighted by molar-refractivity contribution is -0.139. The molecule has 3 heterocycles. The van der Waals surface area contributed by atoms with Gasteiger partial charge in [0.05, 0.1) is 6.04 Å². The van der Waals surface area contributed by atoms with Gasteiger partial charge in [0.2, 0.25) is 5.91 Å². The van der Waals surface area contributed by atoms with Gasteiger partial charge in [-0.05, 0) is 45.4 Å². The van der Waals surface area contributed by atoms with Crippen molar-refractivity contribution in [2.24, 2.45) is 5.92 Å². The van der Waals surface area contributed by atoms with E-state index >= 15 is 0 Å². The van der Waals surface area contributed by atoms with Crippen molar-refractivity contribution in [3.05, 3.63) is 0 Å². The molecule has 0 saturated carbocycles. The van der Waals surface area contributed by atoms with Crippen LogP contribution in [0.5, 0.6) is 0 Å². The van der Waals surface area contributed by atoms with E-state index in [-0.39, 0.29) is 23.9 Å². The summed E-state index contributed by atoms with van der Waals surface area (Å²) in [5.41, 5.74) is -0.743. The van der Waals surface area contributed by atoms with Gasteiger partial charge in [-0.2, -0.15) is 0 Å². The maximum absolute atomic E-state index is 13.2. The molecule has 0 radical (unpaired) electrons. The monoisotopic (exact) mass is 378 g/mol. The number of hydrogen-bond acceptors (Lipinski definition) is 4. The van der Waals surface area contributed by atoms with Crippen LogP contribution in [0.4, 0.5) is 4.79 Å². The molecule has 0 unspecified atom stereocenters. The number of piperidine rings is 2. The highest BCUT2D eigenvalue weighted by Crippen LogP contribution is 2.33. The highest BCUT2D eigenvalue weighted by molar-refractivity contribution is 6.07. The van der Waals surface area contributed by atoms with Crippen LogP contribution in [0.25, 0.3) is 0 Å². The molecule has 3 aliphatic heterocycles. The van der Waals surface area contributed by atoms with E-state index in [0.29, 0.717) is 37.8 Å². The van der Waals surface area contributed by atoms with Crippen LogP contribution in [-0.4, -0.2) is 76.3 Å². The van der Waals surface area contributed by atoms with Gasteiger partial charge in [-0.25, -0.2) is 4.79 Å². The number of hydrogen-bond donors (Lipinski definition) is 1. The Morgan fingerprint density at radius 2 is 1.81 bits per heavy atom. The molecular weight excluding hydrogens is 344 g/mol. The molecule has 0 aromatic heterocycles. The summed E-state index contributed by atoms with van der Waals surface area (Å²) in [6.07, 6.45) is 3.45. The molecule has 3 aliphatic rings. The summed E-state index contributed by atoms with van der Waals surface area (Å²) in [6, 6.07) is -0.0319. The van der Waals surface area contributed by atoms with Gasteiger partial charge in [0.15, 0.2) is 0 Å². The number of amides is 4. The smallest absolute Gasteiger partial charge is 0.325 e. The zero-order valence-electron chi connectivity index (χ0n) is 17.2. The summed E-state index contributed by atoms with van der Waals surface area (Å²) in [6.45, 7) is 11.2. The van der Waals surface area contributed by atoms with E-state index in [0.717, 1.165) is 32.5 Å². The number of nitrogens with one attached hydrogen (secondary N) is 1. The molecule has 1 spiro atoms. The first-order valence-electron chi connectivity index (χ1n) is 10.4. The molecule has 0 aromatic rings. The highest BCUT2D eigenvalue weighted by Gasteiger charge is 2.54. The number of likely N-dealkylation sites (tertiary alicyclic amines) is 2. The van der Waals surface area contributed by atoms with Gasteiger partial charge in [0, 0.05) is 38.6 Å².